The molecule has 0 aliphatic carbocycles. The lowest BCUT2D eigenvalue weighted by molar-refractivity contribution is -0.119. The highest BCUT2D eigenvalue weighted by Gasteiger charge is 2.12. The Labute approximate surface area is 196 Å². The molecule has 0 unspecified atom stereocenters. The summed E-state index contributed by atoms with van der Waals surface area (Å²) in [5, 5.41) is 6.56. The second-order valence-electron chi connectivity index (χ2n) is 8.00. The maximum Gasteiger partial charge on any atom is 0.239 e. The van der Waals surface area contributed by atoms with Crippen LogP contribution in [0.1, 0.15) is 11.3 Å². The Balaban J connectivity index is 1.30. The van der Waals surface area contributed by atoms with E-state index in [1.807, 2.05) is 49.4 Å². The zero-order valence-corrected chi connectivity index (χ0v) is 19.6. The number of aromatic nitrogens is 2. The zero-order chi connectivity index (χ0) is 23.4. The first-order chi connectivity index (χ1) is 15.9. The summed E-state index contributed by atoms with van der Waals surface area (Å²) in [5.74, 6) is 0.0853. The fourth-order valence-corrected chi connectivity index (χ4v) is 4.46. The summed E-state index contributed by atoms with van der Waals surface area (Å²) >= 11 is 1.65. The minimum atomic E-state index is -0.223. The molecule has 0 aliphatic rings. The van der Waals surface area contributed by atoms with Crippen molar-refractivity contribution in [3.63, 3.8) is 0 Å². The molecule has 4 aromatic rings. The number of hydrogen-bond acceptors (Lipinski definition) is 6. The van der Waals surface area contributed by atoms with E-state index in [1.165, 1.54) is 5.56 Å². The predicted molar refractivity (Wildman–Crippen MR) is 134 cm³/mol. The molecule has 2 heterocycles. The number of fused-ring (bicyclic) bond motifs is 1. The van der Waals surface area contributed by atoms with Crippen molar-refractivity contribution >= 4 is 44.9 Å². The summed E-state index contributed by atoms with van der Waals surface area (Å²) in [6.45, 7) is 4.10. The van der Waals surface area contributed by atoms with E-state index in [-0.39, 0.29) is 24.9 Å². The van der Waals surface area contributed by atoms with E-state index in [9.17, 15) is 9.59 Å². The molecule has 0 saturated heterocycles. The number of thiazole rings is 1. The van der Waals surface area contributed by atoms with E-state index in [0.717, 1.165) is 26.5 Å². The SMILES string of the molecule is Cc1ccc2nc(-c3ccc(NC(=O)CN(C)CC(=O)Nc4cccc(C)n4)cc3)sc2c1. The highest BCUT2D eigenvalue weighted by molar-refractivity contribution is 7.21. The number of nitrogens with one attached hydrogen (secondary N) is 2. The summed E-state index contributed by atoms with van der Waals surface area (Å²) in [6.07, 6.45) is 0. The van der Waals surface area contributed by atoms with Crippen LogP contribution in [0.4, 0.5) is 11.5 Å². The van der Waals surface area contributed by atoms with Crippen LogP contribution in [0.3, 0.4) is 0 Å². The van der Waals surface area contributed by atoms with Crippen LogP contribution >= 0.6 is 11.3 Å². The molecular weight excluding hydrogens is 434 g/mol. The van der Waals surface area contributed by atoms with Crippen LogP contribution in [-0.2, 0) is 9.59 Å². The first-order valence-electron chi connectivity index (χ1n) is 10.6. The minimum Gasteiger partial charge on any atom is -0.325 e. The number of likely N-dealkylation sites (N-methyl/N-ethyl adjacent to an activating group) is 1. The van der Waals surface area contributed by atoms with Crippen LogP contribution < -0.4 is 10.6 Å². The molecule has 7 nitrogen and oxygen atoms in total. The second kappa shape index (κ2) is 9.89. The van der Waals surface area contributed by atoms with Crippen molar-refractivity contribution in [2.24, 2.45) is 0 Å². The first-order valence-corrected chi connectivity index (χ1v) is 11.4. The number of rotatable bonds is 7. The van der Waals surface area contributed by atoms with E-state index in [2.05, 4.69) is 34.7 Å². The fourth-order valence-electron chi connectivity index (χ4n) is 3.39. The number of amides is 2. The monoisotopic (exact) mass is 459 g/mol. The van der Waals surface area contributed by atoms with Crippen molar-refractivity contribution in [3.05, 3.63) is 71.9 Å². The van der Waals surface area contributed by atoms with Crippen LogP contribution in [0.2, 0.25) is 0 Å². The van der Waals surface area contributed by atoms with Crippen molar-refractivity contribution < 1.29 is 9.59 Å². The third-order valence-corrected chi connectivity index (χ3v) is 6.01. The van der Waals surface area contributed by atoms with Crippen molar-refractivity contribution in [2.45, 2.75) is 13.8 Å². The van der Waals surface area contributed by atoms with E-state index in [1.54, 1.807) is 29.4 Å². The maximum atomic E-state index is 12.4. The van der Waals surface area contributed by atoms with E-state index < -0.39 is 0 Å². The standard InChI is InChI=1S/C25H25N5O2S/c1-16-7-12-20-21(13-16)33-25(28-20)18-8-10-19(11-9-18)27-23(31)14-30(3)15-24(32)29-22-6-4-5-17(2)26-22/h4-13H,14-15H2,1-3H3,(H,27,31)(H,26,29,32). The zero-order valence-electron chi connectivity index (χ0n) is 18.8. The number of aryl methyl sites for hydroxylation is 2. The Morgan fingerprint density at radius 1 is 0.909 bits per heavy atom. The molecule has 0 bridgehead atoms. The highest BCUT2D eigenvalue weighted by atomic mass is 32.1. The van der Waals surface area contributed by atoms with Gasteiger partial charge in [0.15, 0.2) is 0 Å². The van der Waals surface area contributed by atoms with Gasteiger partial charge in [0.25, 0.3) is 0 Å². The summed E-state index contributed by atoms with van der Waals surface area (Å²) in [7, 11) is 1.72. The molecule has 0 spiro atoms. The van der Waals surface area contributed by atoms with Gasteiger partial charge in [-0.05, 0) is 75.0 Å². The molecule has 4 rings (SSSR count). The van der Waals surface area contributed by atoms with Gasteiger partial charge in [-0.3, -0.25) is 14.5 Å². The second-order valence-corrected chi connectivity index (χ2v) is 9.03. The molecule has 0 fully saturated rings. The van der Waals surface area contributed by atoms with E-state index >= 15 is 0 Å². The van der Waals surface area contributed by atoms with Gasteiger partial charge in [-0.1, -0.05) is 12.1 Å². The van der Waals surface area contributed by atoms with Crippen LogP contribution in [-0.4, -0.2) is 46.8 Å². The lowest BCUT2D eigenvalue weighted by atomic mass is 10.2. The van der Waals surface area contributed by atoms with Gasteiger partial charge in [-0.2, -0.15) is 0 Å². The number of hydrogen-bond donors (Lipinski definition) is 2. The normalized spacial score (nSPS) is 11.0. The number of nitrogens with zero attached hydrogens (tertiary/aromatic N) is 3. The summed E-state index contributed by atoms with van der Waals surface area (Å²) in [4.78, 5) is 35.2. The van der Waals surface area contributed by atoms with Gasteiger partial charge in [-0.25, -0.2) is 9.97 Å². The number of benzene rings is 2. The molecule has 2 aromatic carbocycles. The average molecular weight is 460 g/mol. The van der Waals surface area contributed by atoms with Crippen molar-refractivity contribution in [1.82, 2.24) is 14.9 Å². The Hall–Kier alpha value is -3.62. The molecule has 0 radical (unpaired) electrons. The molecule has 2 amide bonds. The van der Waals surface area contributed by atoms with Gasteiger partial charge in [0.2, 0.25) is 11.8 Å². The molecule has 0 aliphatic heterocycles. The van der Waals surface area contributed by atoms with Gasteiger partial charge in [0, 0.05) is 16.9 Å². The lowest BCUT2D eigenvalue weighted by Crippen LogP contribution is -2.36. The highest BCUT2D eigenvalue weighted by Crippen LogP contribution is 2.31. The van der Waals surface area contributed by atoms with Crippen molar-refractivity contribution in [3.8, 4) is 10.6 Å². The number of anilines is 2. The van der Waals surface area contributed by atoms with E-state index in [0.29, 0.717) is 11.5 Å². The smallest absolute Gasteiger partial charge is 0.239 e. The maximum absolute atomic E-state index is 12.4. The third-order valence-electron chi connectivity index (χ3n) is 4.94. The molecular formula is C25H25N5O2S. The van der Waals surface area contributed by atoms with Gasteiger partial charge < -0.3 is 10.6 Å². The molecule has 2 N–H and O–H groups in total. The molecule has 168 valence electrons. The molecule has 0 saturated carbocycles. The van der Waals surface area contributed by atoms with E-state index in [4.69, 9.17) is 4.98 Å². The Morgan fingerprint density at radius 2 is 1.64 bits per heavy atom. The molecule has 33 heavy (non-hydrogen) atoms. The topological polar surface area (TPSA) is 87.2 Å². The van der Waals surface area contributed by atoms with Crippen molar-refractivity contribution in [1.29, 1.82) is 0 Å². The third kappa shape index (κ3) is 6.00. The quantitative estimate of drug-likeness (QED) is 0.425. The van der Waals surface area contributed by atoms with Crippen LogP contribution in [0.25, 0.3) is 20.8 Å². The fraction of sp³-hybridized carbons (Fsp3) is 0.200. The lowest BCUT2D eigenvalue weighted by Gasteiger charge is -2.16. The van der Waals surface area contributed by atoms with Gasteiger partial charge in [0.1, 0.15) is 10.8 Å². The number of pyridine rings is 1. The van der Waals surface area contributed by atoms with Crippen LogP contribution in [0.15, 0.2) is 60.7 Å². The Bertz CT molecular complexity index is 1300. The molecule has 8 heteroatoms. The Morgan fingerprint density at radius 3 is 2.36 bits per heavy atom. The van der Waals surface area contributed by atoms with Crippen molar-refractivity contribution in [2.75, 3.05) is 30.8 Å². The number of carbonyl (C=O) groups excluding carboxylic acids is 2. The average Bonchev–Trinajstić information content (AvgIpc) is 3.17. The van der Waals surface area contributed by atoms with Gasteiger partial charge >= 0.3 is 0 Å². The predicted octanol–water partition coefficient (Wildman–Crippen LogP) is 4.48. The Kier molecular flexibility index (Phi) is 6.76. The summed E-state index contributed by atoms with van der Waals surface area (Å²) in [6, 6.07) is 19.3. The first kappa shape index (κ1) is 22.6. The summed E-state index contributed by atoms with van der Waals surface area (Å²) in [5.41, 5.74) is 4.73. The largest absolute Gasteiger partial charge is 0.325 e. The molecule has 0 atom stereocenters. The van der Waals surface area contributed by atoms with Gasteiger partial charge in [-0.15, -0.1) is 11.3 Å². The minimum absolute atomic E-state index is 0.0824. The number of carbonyl (C=O) groups is 2. The molecule has 2 aromatic heterocycles. The van der Waals surface area contributed by atoms with Crippen LogP contribution in [0.5, 0.6) is 0 Å². The van der Waals surface area contributed by atoms with Gasteiger partial charge in [0.05, 0.1) is 23.3 Å². The summed E-state index contributed by atoms with van der Waals surface area (Å²) < 4.78 is 1.16. The van der Waals surface area contributed by atoms with Crippen LogP contribution in [0, 0.1) is 13.8 Å².